The van der Waals surface area contributed by atoms with Crippen molar-refractivity contribution in [2.45, 2.75) is 32.6 Å². The average molecular weight is 258 g/mol. The van der Waals surface area contributed by atoms with Crippen LogP contribution in [0.1, 0.15) is 30.5 Å². The van der Waals surface area contributed by atoms with Crippen molar-refractivity contribution in [3.05, 3.63) is 34.4 Å². The van der Waals surface area contributed by atoms with Gasteiger partial charge in [-0.3, -0.25) is 4.79 Å². The Morgan fingerprint density at radius 3 is 2.79 bits per heavy atom. The van der Waals surface area contributed by atoms with Crippen molar-refractivity contribution in [1.29, 1.82) is 0 Å². The van der Waals surface area contributed by atoms with Gasteiger partial charge >= 0.3 is 6.21 Å². The first-order valence-corrected chi connectivity index (χ1v) is 6.31. The molecule has 0 amide bonds. The molecule has 1 unspecified atom stereocenters. The van der Waals surface area contributed by atoms with E-state index in [1.54, 1.807) is 7.11 Å². The van der Waals surface area contributed by atoms with Gasteiger partial charge in [-0.25, -0.2) is 0 Å². The third-order valence-electron chi connectivity index (χ3n) is 4.18. The molecule has 100 valence electrons. The van der Waals surface area contributed by atoms with Crippen molar-refractivity contribution >= 4 is 12.0 Å². The molecule has 0 aliphatic heterocycles. The van der Waals surface area contributed by atoms with E-state index in [1.165, 1.54) is 5.56 Å². The molecule has 0 saturated carbocycles. The van der Waals surface area contributed by atoms with Crippen molar-refractivity contribution in [3.8, 4) is 5.75 Å². The summed E-state index contributed by atoms with van der Waals surface area (Å²) in [6.45, 7) is 6.13. The Morgan fingerprint density at radius 2 is 2.21 bits per heavy atom. The van der Waals surface area contributed by atoms with Crippen LogP contribution in [0.4, 0.5) is 0 Å². The predicted molar refractivity (Wildman–Crippen MR) is 72.6 cm³/mol. The number of ketones is 1. The Kier molecular flexibility index (Phi) is 3.29. The number of nitrogens with zero attached hydrogens (tertiary/aromatic N) is 2. The predicted octanol–water partition coefficient (Wildman–Crippen LogP) is 2.32. The quantitative estimate of drug-likeness (QED) is 0.474. The molecule has 19 heavy (non-hydrogen) atoms. The highest BCUT2D eigenvalue weighted by molar-refractivity contribution is 6.26. The lowest BCUT2D eigenvalue weighted by atomic mass is 9.76. The van der Waals surface area contributed by atoms with Crippen LogP contribution in [0.2, 0.25) is 0 Å². The number of fused-ring (bicyclic) bond motifs is 1. The Bertz CT molecular complexity index is 584. The van der Waals surface area contributed by atoms with Gasteiger partial charge in [0.25, 0.3) is 0 Å². The molecular weight excluding hydrogens is 240 g/mol. The lowest BCUT2D eigenvalue weighted by molar-refractivity contribution is -0.121. The largest absolute Gasteiger partial charge is 0.497 e. The lowest BCUT2D eigenvalue weighted by Crippen LogP contribution is -2.31. The zero-order valence-corrected chi connectivity index (χ0v) is 11.7. The number of benzene rings is 1. The van der Waals surface area contributed by atoms with Crippen LogP contribution in [-0.2, 0) is 16.6 Å². The van der Waals surface area contributed by atoms with Crippen LogP contribution < -0.4 is 4.74 Å². The van der Waals surface area contributed by atoms with Gasteiger partial charge in [0, 0.05) is 11.3 Å². The van der Waals surface area contributed by atoms with Gasteiger partial charge in [-0.05, 0) is 42.2 Å². The first-order valence-electron chi connectivity index (χ1n) is 6.31. The van der Waals surface area contributed by atoms with E-state index in [2.05, 4.69) is 4.79 Å². The summed E-state index contributed by atoms with van der Waals surface area (Å²) in [5.41, 5.74) is 11.8. The fourth-order valence-electron chi connectivity index (χ4n) is 3.00. The van der Waals surface area contributed by atoms with Gasteiger partial charge in [-0.2, -0.15) is 4.79 Å². The van der Waals surface area contributed by atoms with Crippen LogP contribution in [0.3, 0.4) is 0 Å². The van der Waals surface area contributed by atoms with Crippen LogP contribution >= 0.6 is 0 Å². The maximum Gasteiger partial charge on any atom is 0.323 e. The van der Waals surface area contributed by atoms with Crippen molar-refractivity contribution < 1.29 is 14.3 Å². The fourth-order valence-corrected chi connectivity index (χ4v) is 3.00. The van der Waals surface area contributed by atoms with Gasteiger partial charge in [-0.1, -0.05) is 13.8 Å². The summed E-state index contributed by atoms with van der Waals surface area (Å²) >= 11 is 0. The maximum absolute atomic E-state index is 12.1. The van der Waals surface area contributed by atoms with E-state index in [4.69, 9.17) is 10.3 Å². The molecule has 0 spiro atoms. The van der Waals surface area contributed by atoms with Gasteiger partial charge in [0.2, 0.25) is 5.78 Å². The molecule has 1 aliphatic rings. The van der Waals surface area contributed by atoms with Crippen molar-refractivity contribution in [2.24, 2.45) is 5.92 Å². The summed E-state index contributed by atoms with van der Waals surface area (Å²) in [5, 5.41) is 0. The van der Waals surface area contributed by atoms with Gasteiger partial charge in [0.15, 0.2) is 0 Å². The van der Waals surface area contributed by atoms with Gasteiger partial charge < -0.3 is 10.3 Å². The average Bonchev–Trinajstić information content (AvgIpc) is 2.62. The first-order chi connectivity index (χ1) is 8.91. The van der Waals surface area contributed by atoms with E-state index in [-0.39, 0.29) is 17.1 Å². The van der Waals surface area contributed by atoms with Crippen molar-refractivity contribution in [3.63, 3.8) is 0 Å². The van der Waals surface area contributed by atoms with E-state index in [0.29, 0.717) is 6.42 Å². The van der Waals surface area contributed by atoms with Gasteiger partial charge in [0.1, 0.15) is 5.75 Å². The molecule has 4 heteroatoms. The summed E-state index contributed by atoms with van der Waals surface area (Å²) in [6, 6.07) is 3.99. The normalized spacial score (nSPS) is 19.5. The molecule has 1 atom stereocenters. The Hall–Kier alpha value is -1.93. The minimum absolute atomic E-state index is 0.137. The highest BCUT2D eigenvalue weighted by Gasteiger charge is 2.44. The summed E-state index contributed by atoms with van der Waals surface area (Å²) in [4.78, 5) is 14.9. The third-order valence-corrected chi connectivity index (χ3v) is 4.18. The Balaban J connectivity index is 2.53. The van der Waals surface area contributed by atoms with E-state index in [0.717, 1.165) is 23.1 Å². The number of carbonyl (C=O) groups is 1. The number of carbonyl (C=O) groups excluding carboxylic acids is 1. The highest BCUT2D eigenvalue weighted by atomic mass is 16.5. The second-order valence-corrected chi connectivity index (χ2v) is 5.60. The van der Waals surface area contributed by atoms with Gasteiger partial charge in [-0.15, -0.1) is 0 Å². The number of hydrogen-bond acceptors (Lipinski definition) is 2. The van der Waals surface area contributed by atoms with E-state index in [1.807, 2.05) is 32.9 Å². The maximum atomic E-state index is 12.1. The molecule has 1 aliphatic carbocycles. The topological polar surface area (TPSA) is 62.7 Å². The molecule has 2 rings (SSSR count). The molecule has 0 saturated heterocycles. The second kappa shape index (κ2) is 4.63. The van der Waals surface area contributed by atoms with Crippen LogP contribution in [-0.4, -0.2) is 23.9 Å². The number of methoxy groups -OCH3 is 1. The SMILES string of the molecule is COc1cc(C)c2c(c1)C(C)(C)C(C(=O)C=[N+]=[N-])C2. The van der Waals surface area contributed by atoms with E-state index >= 15 is 0 Å². The van der Waals surface area contributed by atoms with Crippen LogP contribution in [0.25, 0.3) is 5.53 Å². The van der Waals surface area contributed by atoms with Crippen molar-refractivity contribution in [2.75, 3.05) is 7.11 Å². The van der Waals surface area contributed by atoms with E-state index < -0.39 is 0 Å². The number of ether oxygens (including phenoxy) is 1. The molecule has 0 bridgehead atoms. The Morgan fingerprint density at radius 1 is 1.53 bits per heavy atom. The summed E-state index contributed by atoms with van der Waals surface area (Å²) in [5.74, 6) is 0.486. The highest BCUT2D eigenvalue weighted by Crippen LogP contribution is 2.45. The smallest absolute Gasteiger partial charge is 0.323 e. The lowest BCUT2D eigenvalue weighted by Gasteiger charge is -2.25. The molecule has 0 fully saturated rings. The summed E-state index contributed by atoms with van der Waals surface area (Å²) < 4.78 is 5.31. The monoisotopic (exact) mass is 258 g/mol. The second-order valence-electron chi connectivity index (χ2n) is 5.60. The minimum Gasteiger partial charge on any atom is -0.497 e. The number of hydrogen-bond donors (Lipinski definition) is 0. The number of Topliss-reactive ketones (excluding diaryl/α,β-unsaturated/α-hetero) is 1. The molecule has 1 aromatic rings. The molecule has 0 aromatic heterocycles. The molecule has 1 aromatic carbocycles. The fraction of sp³-hybridized carbons (Fsp3) is 0.467. The molecule has 4 nitrogen and oxygen atoms in total. The van der Waals surface area contributed by atoms with Gasteiger partial charge in [0.05, 0.1) is 7.11 Å². The molecular formula is C15H18N2O2. The minimum atomic E-state index is -0.285. The number of aryl methyl sites for hydroxylation is 1. The zero-order valence-electron chi connectivity index (χ0n) is 11.7. The molecule has 0 heterocycles. The van der Waals surface area contributed by atoms with Crippen LogP contribution in [0.5, 0.6) is 5.75 Å². The summed E-state index contributed by atoms with van der Waals surface area (Å²) in [6.07, 6.45) is 1.69. The third kappa shape index (κ3) is 2.08. The van der Waals surface area contributed by atoms with Crippen LogP contribution in [0.15, 0.2) is 12.1 Å². The molecule has 0 radical (unpaired) electrons. The first kappa shape index (κ1) is 13.5. The Labute approximate surface area is 113 Å². The number of rotatable bonds is 3. The standard InChI is InChI=1S/C15H18N2O2/c1-9-5-10(19-4)6-12-11(9)7-13(15(12,2)3)14(18)8-17-16/h5-6,8,13H,7H2,1-4H3. The zero-order chi connectivity index (χ0) is 14.2. The molecule has 0 N–H and O–H groups in total. The summed E-state index contributed by atoms with van der Waals surface area (Å²) in [7, 11) is 1.64. The van der Waals surface area contributed by atoms with E-state index in [9.17, 15) is 4.79 Å². The van der Waals surface area contributed by atoms with Crippen LogP contribution in [0, 0.1) is 12.8 Å². The van der Waals surface area contributed by atoms with Crippen molar-refractivity contribution in [1.82, 2.24) is 0 Å².